The van der Waals surface area contributed by atoms with Crippen molar-refractivity contribution in [1.82, 2.24) is 15.5 Å². The summed E-state index contributed by atoms with van der Waals surface area (Å²) >= 11 is 0. The van der Waals surface area contributed by atoms with Crippen molar-refractivity contribution in [2.75, 3.05) is 11.9 Å². The van der Waals surface area contributed by atoms with Crippen LogP contribution >= 0.6 is 0 Å². The number of hydrogen-bond acceptors (Lipinski definition) is 5. The molecule has 0 radical (unpaired) electrons. The number of carbonyl (C=O) groups excluding carboxylic acids is 1. The summed E-state index contributed by atoms with van der Waals surface area (Å²) in [5, 5.41) is 14.0. The van der Waals surface area contributed by atoms with Crippen LogP contribution in [0.25, 0.3) is 0 Å². The highest BCUT2D eigenvalue weighted by atomic mass is 16.1. The van der Waals surface area contributed by atoms with E-state index in [1.165, 1.54) is 19.3 Å². The number of aromatic nitrogens is 2. The van der Waals surface area contributed by atoms with Crippen molar-refractivity contribution >= 4 is 11.7 Å². The Bertz CT molecular complexity index is 434. The summed E-state index contributed by atoms with van der Waals surface area (Å²) in [5.74, 6) is 0.484. The van der Waals surface area contributed by atoms with Crippen LogP contribution in [0.2, 0.25) is 0 Å². The lowest BCUT2D eigenvalue weighted by Crippen LogP contribution is -2.39. The fourth-order valence-corrected chi connectivity index (χ4v) is 2.49. The zero-order chi connectivity index (χ0) is 14.4. The number of anilines is 1. The maximum absolute atomic E-state index is 11.6. The lowest BCUT2D eigenvalue weighted by atomic mass is 10.0. The number of rotatable bonds is 4. The molecule has 1 aromatic heterocycles. The van der Waals surface area contributed by atoms with Crippen molar-refractivity contribution in [1.29, 1.82) is 0 Å². The second-order valence-corrected chi connectivity index (χ2v) is 5.22. The van der Waals surface area contributed by atoms with E-state index in [9.17, 15) is 4.79 Å². The Hall–Kier alpha value is -1.69. The predicted octanol–water partition coefficient (Wildman–Crippen LogP) is 1.30. The fourth-order valence-electron chi connectivity index (χ4n) is 2.49. The molecule has 2 atom stereocenters. The monoisotopic (exact) mass is 277 g/mol. The van der Waals surface area contributed by atoms with Crippen molar-refractivity contribution in [3.8, 4) is 0 Å². The second kappa shape index (κ2) is 7.19. The summed E-state index contributed by atoms with van der Waals surface area (Å²) in [6.45, 7) is 2.45. The molecule has 6 heteroatoms. The molecular formula is C14H23N5O. The largest absolute Gasteiger partial charge is 0.364 e. The lowest BCUT2D eigenvalue weighted by molar-refractivity contribution is 0.0950. The van der Waals surface area contributed by atoms with Crippen LogP contribution in [0.15, 0.2) is 12.1 Å². The molecule has 1 fully saturated rings. The van der Waals surface area contributed by atoms with Crippen molar-refractivity contribution in [2.24, 2.45) is 5.73 Å². The Balaban J connectivity index is 1.97. The molecule has 6 nitrogen and oxygen atoms in total. The molecule has 4 N–H and O–H groups in total. The van der Waals surface area contributed by atoms with Gasteiger partial charge in [-0.3, -0.25) is 4.79 Å². The van der Waals surface area contributed by atoms with Crippen LogP contribution in [-0.2, 0) is 0 Å². The third-order valence-corrected chi connectivity index (χ3v) is 3.64. The average Bonchev–Trinajstić information content (AvgIpc) is 2.65. The third kappa shape index (κ3) is 3.90. The molecular weight excluding hydrogens is 254 g/mol. The van der Waals surface area contributed by atoms with E-state index in [2.05, 4.69) is 20.8 Å². The molecule has 0 aromatic carbocycles. The molecule has 1 aliphatic carbocycles. The van der Waals surface area contributed by atoms with Crippen LogP contribution in [0.4, 0.5) is 5.82 Å². The molecule has 2 unspecified atom stereocenters. The van der Waals surface area contributed by atoms with Crippen molar-refractivity contribution in [3.63, 3.8) is 0 Å². The van der Waals surface area contributed by atoms with E-state index in [4.69, 9.17) is 5.73 Å². The summed E-state index contributed by atoms with van der Waals surface area (Å²) < 4.78 is 0. The van der Waals surface area contributed by atoms with Crippen molar-refractivity contribution < 1.29 is 4.79 Å². The first kappa shape index (κ1) is 14.7. The fraction of sp³-hybridized carbons (Fsp3) is 0.643. The smallest absolute Gasteiger partial charge is 0.271 e. The quantitative estimate of drug-likeness (QED) is 0.721. The molecule has 1 heterocycles. The van der Waals surface area contributed by atoms with Gasteiger partial charge in [-0.05, 0) is 31.9 Å². The average molecular weight is 277 g/mol. The Morgan fingerprint density at radius 3 is 2.80 bits per heavy atom. The summed E-state index contributed by atoms with van der Waals surface area (Å²) in [5.41, 5.74) is 6.51. The standard InChI is InChI=1S/C14H23N5O/c1-2-16-14(20)12-8-9-13(19-18-12)17-11-7-5-3-4-6-10(11)15/h8-11H,2-7,15H2,1H3,(H,16,20)(H,17,19). The van der Waals surface area contributed by atoms with Gasteiger partial charge in [-0.15, -0.1) is 10.2 Å². The molecule has 1 amide bonds. The van der Waals surface area contributed by atoms with E-state index in [0.29, 0.717) is 18.1 Å². The van der Waals surface area contributed by atoms with E-state index in [-0.39, 0.29) is 18.0 Å². The molecule has 1 saturated carbocycles. The SMILES string of the molecule is CCNC(=O)c1ccc(NC2CCCCCC2N)nn1. The van der Waals surface area contributed by atoms with Crippen molar-refractivity contribution in [3.05, 3.63) is 17.8 Å². The molecule has 0 spiro atoms. The molecule has 110 valence electrons. The highest BCUT2D eigenvalue weighted by molar-refractivity contribution is 5.92. The van der Waals surface area contributed by atoms with Crippen LogP contribution in [0.1, 0.15) is 49.5 Å². The maximum atomic E-state index is 11.6. The van der Waals surface area contributed by atoms with Crippen LogP contribution in [0.3, 0.4) is 0 Å². The van der Waals surface area contributed by atoms with Gasteiger partial charge >= 0.3 is 0 Å². The van der Waals surface area contributed by atoms with Gasteiger partial charge in [0.2, 0.25) is 0 Å². The topological polar surface area (TPSA) is 92.9 Å². The number of amides is 1. The molecule has 0 aliphatic heterocycles. The number of nitrogens with zero attached hydrogens (tertiary/aromatic N) is 2. The van der Waals surface area contributed by atoms with Gasteiger partial charge in [-0.25, -0.2) is 0 Å². The van der Waals surface area contributed by atoms with Crippen molar-refractivity contribution in [2.45, 2.75) is 51.1 Å². The number of carbonyl (C=O) groups is 1. The maximum Gasteiger partial charge on any atom is 0.271 e. The minimum Gasteiger partial charge on any atom is -0.364 e. The minimum absolute atomic E-state index is 0.155. The molecule has 20 heavy (non-hydrogen) atoms. The Labute approximate surface area is 119 Å². The molecule has 1 aliphatic rings. The molecule has 0 saturated heterocycles. The Morgan fingerprint density at radius 1 is 1.30 bits per heavy atom. The van der Waals surface area contributed by atoms with Gasteiger partial charge in [0.05, 0.1) is 0 Å². The van der Waals surface area contributed by atoms with E-state index in [0.717, 1.165) is 12.8 Å². The summed E-state index contributed by atoms with van der Waals surface area (Å²) in [7, 11) is 0. The number of hydrogen-bond donors (Lipinski definition) is 3. The van der Waals surface area contributed by atoms with E-state index >= 15 is 0 Å². The minimum atomic E-state index is -0.197. The van der Waals surface area contributed by atoms with Gasteiger partial charge in [0, 0.05) is 18.6 Å². The normalized spacial score (nSPS) is 22.9. The van der Waals surface area contributed by atoms with Gasteiger partial charge in [-0.1, -0.05) is 19.3 Å². The number of nitrogens with one attached hydrogen (secondary N) is 2. The summed E-state index contributed by atoms with van der Waals surface area (Å²) in [6.07, 6.45) is 5.73. The first-order valence-corrected chi connectivity index (χ1v) is 7.34. The molecule has 0 bridgehead atoms. The van der Waals surface area contributed by atoms with Gasteiger partial charge in [0.1, 0.15) is 5.82 Å². The van der Waals surface area contributed by atoms with E-state index in [1.54, 1.807) is 12.1 Å². The van der Waals surface area contributed by atoms with E-state index < -0.39 is 0 Å². The van der Waals surface area contributed by atoms with Gasteiger partial charge in [0.25, 0.3) is 5.91 Å². The third-order valence-electron chi connectivity index (χ3n) is 3.64. The zero-order valence-electron chi connectivity index (χ0n) is 11.9. The first-order chi connectivity index (χ1) is 9.70. The first-order valence-electron chi connectivity index (χ1n) is 7.34. The van der Waals surface area contributed by atoms with Crippen LogP contribution in [-0.4, -0.2) is 34.7 Å². The highest BCUT2D eigenvalue weighted by Gasteiger charge is 2.20. The second-order valence-electron chi connectivity index (χ2n) is 5.22. The summed E-state index contributed by atoms with van der Waals surface area (Å²) in [4.78, 5) is 11.6. The molecule has 2 rings (SSSR count). The number of nitrogens with two attached hydrogens (primary N) is 1. The lowest BCUT2D eigenvalue weighted by Gasteiger charge is -2.22. The Kier molecular flexibility index (Phi) is 5.29. The van der Waals surface area contributed by atoms with E-state index in [1.807, 2.05) is 6.92 Å². The highest BCUT2D eigenvalue weighted by Crippen LogP contribution is 2.19. The van der Waals surface area contributed by atoms with Crippen LogP contribution in [0.5, 0.6) is 0 Å². The molecule has 1 aromatic rings. The van der Waals surface area contributed by atoms with Crippen LogP contribution in [0, 0.1) is 0 Å². The zero-order valence-corrected chi connectivity index (χ0v) is 11.9. The van der Waals surface area contributed by atoms with Gasteiger partial charge in [-0.2, -0.15) is 0 Å². The Morgan fingerprint density at radius 2 is 2.10 bits per heavy atom. The van der Waals surface area contributed by atoms with Gasteiger partial charge in [0.15, 0.2) is 5.69 Å². The van der Waals surface area contributed by atoms with Crippen LogP contribution < -0.4 is 16.4 Å². The predicted molar refractivity (Wildman–Crippen MR) is 78.5 cm³/mol. The summed E-state index contributed by atoms with van der Waals surface area (Å²) in [6, 6.07) is 3.86. The van der Waals surface area contributed by atoms with Gasteiger partial charge < -0.3 is 16.4 Å².